The topological polar surface area (TPSA) is 22.0 Å². The van der Waals surface area contributed by atoms with Gasteiger partial charge in [-0.1, -0.05) is 36.4 Å². The lowest BCUT2D eigenvalue weighted by molar-refractivity contribution is 0.940. The molecule has 0 spiro atoms. The van der Waals surface area contributed by atoms with Crippen LogP contribution in [-0.4, -0.2) is 4.57 Å². The number of aryl methyl sites for hydroxylation is 2. The second-order valence-corrected chi connectivity index (χ2v) is 4.80. The first-order chi connectivity index (χ1) is 9.18. The van der Waals surface area contributed by atoms with Crippen LogP contribution in [0.2, 0.25) is 0 Å². The predicted octanol–water partition coefficient (Wildman–Crippen LogP) is 3.61. The lowest BCUT2D eigenvalue weighted by Gasteiger charge is -2.13. The third-order valence-electron chi connectivity index (χ3n) is 3.47. The van der Waals surface area contributed by atoms with Crippen molar-refractivity contribution < 1.29 is 0 Å². The van der Waals surface area contributed by atoms with E-state index in [0.29, 0.717) is 0 Å². The van der Waals surface area contributed by atoms with Gasteiger partial charge in [-0.15, -0.1) is 0 Å². The highest BCUT2D eigenvalue weighted by atomic mass is 16.1. The molecule has 1 heterocycles. The lowest BCUT2D eigenvalue weighted by atomic mass is 10.1. The van der Waals surface area contributed by atoms with Gasteiger partial charge in [-0.05, 0) is 43.0 Å². The number of nitrogens with zero attached hydrogens (tertiary/aromatic N) is 1. The van der Waals surface area contributed by atoms with Crippen LogP contribution in [-0.2, 0) is 0 Å². The van der Waals surface area contributed by atoms with Gasteiger partial charge in [-0.2, -0.15) is 0 Å². The average Bonchev–Trinajstić information content (AvgIpc) is 2.41. The number of rotatable bonds is 1. The van der Waals surface area contributed by atoms with Crippen LogP contribution in [0.3, 0.4) is 0 Å². The van der Waals surface area contributed by atoms with Crippen molar-refractivity contribution in [2.45, 2.75) is 13.8 Å². The zero-order valence-electron chi connectivity index (χ0n) is 11.1. The molecule has 94 valence electrons. The number of aromatic nitrogens is 1. The van der Waals surface area contributed by atoms with Crippen LogP contribution in [0.5, 0.6) is 0 Å². The summed E-state index contributed by atoms with van der Waals surface area (Å²) in [5, 5.41) is 1.76. The number of hydrogen-bond donors (Lipinski definition) is 0. The van der Waals surface area contributed by atoms with Crippen molar-refractivity contribution in [3.63, 3.8) is 0 Å². The quantitative estimate of drug-likeness (QED) is 0.645. The summed E-state index contributed by atoms with van der Waals surface area (Å²) in [6, 6.07) is 17.7. The van der Waals surface area contributed by atoms with Crippen molar-refractivity contribution in [1.82, 2.24) is 4.57 Å². The Bertz CT molecular complexity index is 815. The maximum Gasteiger partial charge on any atom is 0.263 e. The number of benzene rings is 2. The molecule has 0 bridgehead atoms. The molecule has 1 aromatic heterocycles. The van der Waals surface area contributed by atoms with E-state index in [2.05, 4.69) is 6.07 Å². The fourth-order valence-corrected chi connectivity index (χ4v) is 2.50. The van der Waals surface area contributed by atoms with E-state index >= 15 is 0 Å². The maximum absolute atomic E-state index is 12.7. The first kappa shape index (κ1) is 11.7. The van der Waals surface area contributed by atoms with Crippen molar-refractivity contribution in [2.24, 2.45) is 0 Å². The Labute approximate surface area is 111 Å². The summed E-state index contributed by atoms with van der Waals surface area (Å²) >= 11 is 0. The number of para-hydroxylation sites is 1. The Morgan fingerprint density at radius 3 is 2.37 bits per heavy atom. The molecule has 0 atom stereocenters. The van der Waals surface area contributed by atoms with Gasteiger partial charge in [0.2, 0.25) is 0 Å². The molecule has 2 heteroatoms. The Morgan fingerprint density at radius 2 is 1.58 bits per heavy atom. The van der Waals surface area contributed by atoms with Gasteiger partial charge >= 0.3 is 0 Å². The third-order valence-corrected chi connectivity index (χ3v) is 3.47. The van der Waals surface area contributed by atoms with Crippen LogP contribution < -0.4 is 5.56 Å². The molecule has 2 nitrogen and oxygen atoms in total. The summed E-state index contributed by atoms with van der Waals surface area (Å²) in [5.41, 5.74) is 3.06. The van der Waals surface area contributed by atoms with Crippen LogP contribution in [0, 0.1) is 13.8 Å². The summed E-state index contributed by atoms with van der Waals surface area (Å²) in [4.78, 5) is 12.7. The van der Waals surface area contributed by atoms with Gasteiger partial charge < -0.3 is 0 Å². The molecule has 19 heavy (non-hydrogen) atoms. The lowest BCUT2D eigenvalue weighted by Crippen LogP contribution is -2.21. The van der Waals surface area contributed by atoms with Gasteiger partial charge in [0, 0.05) is 11.1 Å². The van der Waals surface area contributed by atoms with E-state index in [1.807, 2.05) is 62.4 Å². The largest absolute Gasteiger partial charge is 0.281 e. The van der Waals surface area contributed by atoms with Crippen molar-refractivity contribution in [2.75, 3.05) is 0 Å². The molecule has 0 aliphatic rings. The third kappa shape index (κ3) is 1.85. The fraction of sp³-hybridized carbons (Fsp3) is 0.118. The summed E-state index contributed by atoms with van der Waals surface area (Å²) in [5.74, 6) is 0. The highest BCUT2D eigenvalue weighted by Crippen LogP contribution is 2.17. The normalized spacial score (nSPS) is 10.8. The van der Waals surface area contributed by atoms with E-state index in [1.54, 1.807) is 4.57 Å². The van der Waals surface area contributed by atoms with Crippen LogP contribution in [0.25, 0.3) is 16.5 Å². The second kappa shape index (κ2) is 4.39. The Kier molecular flexibility index (Phi) is 2.71. The highest BCUT2D eigenvalue weighted by Gasteiger charge is 2.09. The van der Waals surface area contributed by atoms with Crippen molar-refractivity contribution >= 4 is 10.8 Å². The Balaban J connectivity index is 2.43. The molecule has 0 saturated carbocycles. The number of hydrogen-bond acceptors (Lipinski definition) is 1. The minimum atomic E-state index is 0.0462. The highest BCUT2D eigenvalue weighted by molar-refractivity contribution is 5.82. The number of fused-ring (bicyclic) bond motifs is 1. The zero-order chi connectivity index (χ0) is 13.4. The van der Waals surface area contributed by atoms with Crippen molar-refractivity contribution in [3.05, 3.63) is 76.2 Å². The monoisotopic (exact) mass is 249 g/mol. The first-order valence-electron chi connectivity index (χ1n) is 6.36. The Hall–Kier alpha value is -2.35. The minimum absolute atomic E-state index is 0.0462. The van der Waals surface area contributed by atoms with Gasteiger partial charge in [-0.3, -0.25) is 9.36 Å². The molecule has 0 saturated heterocycles. The van der Waals surface area contributed by atoms with Crippen LogP contribution >= 0.6 is 0 Å². The van der Waals surface area contributed by atoms with Crippen molar-refractivity contribution in [1.29, 1.82) is 0 Å². The molecule has 3 aromatic rings. The van der Waals surface area contributed by atoms with Gasteiger partial charge in [-0.25, -0.2) is 0 Å². The SMILES string of the molecule is Cc1ccccc1-n1c(C)cc2ccccc2c1=O. The smallest absolute Gasteiger partial charge is 0.263 e. The van der Waals surface area contributed by atoms with E-state index in [0.717, 1.165) is 27.7 Å². The van der Waals surface area contributed by atoms with E-state index in [-0.39, 0.29) is 5.56 Å². The van der Waals surface area contributed by atoms with E-state index < -0.39 is 0 Å². The molecule has 2 aromatic carbocycles. The minimum Gasteiger partial charge on any atom is -0.281 e. The van der Waals surface area contributed by atoms with Crippen LogP contribution in [0.1, 0.15) is 11.3 Å². The zero-order valence-corrected chi connectivity index (χ0v) is 11.1. The van der Waals surface area contributed by atoms with E-state index in [1.165, 1.54) is 0 Å². The van der Waals surface area contributed by atoms with Gasteiger partial charge in [0.25, 0.3) is 5.56 Å². The van der Waals surface area contributed by atoms with E-state index in [9.17, 15) is 4.79 Å². The summed E-state index contributed by atoms with van der Waals surface area (Å²) in [6.45, 7) is 4.00. The van der Waals surface area contributed by atoms with Gasteiger partial charge in [0.05, 0.1) is 5.69 Å². The van der Waals surface area contributed by atoms with E-state index in [4.69, 9.17) is 0 Å². The summed E-state index contributed by atoms with van der Waals surface area (Å²) in [6.07, 6.45) is 0. The van der Waals surface area contributed by atoms with Crippen LogP contribution in [0.4, 0.5) is 0 Å². The Morgan fingerprint density at radius 1 is 0.895 bits per heavy atom. The average molecular weight is 249 g/mol. The summed E-state index contributed by atoms with van der Waals surface area (Å²) < 4.78 is 1.79. The molecule has 0 fully saturated rings. The summed E-state index contributed by atoms with van der Waals surface area (Å²) in [7, 11) is 0. The van der Waals surface area contributed by atoms with Gasteiger partial charge in [0.15, 0.2) is 0 Å². The maximum atomic E-state index is 12.7. The molecule has 0 aliphatic carbocycles. The molecule has 0 unspecified atom stereocenters. The standard InChI is InChI=1S/C17H15NO/c1-12-7-3-6-10-16(12)18-13(2)11-14-8-4-5-9-15(14)17(18)19/h3-11H,1-2H3. The predicted molar refractivity (Wildman–Crippen MR) is 79.0 cm³/mol. The first-order valence-corrected chi connectivity index (χ1v) is 6.36. The van der Waals surface area contributed by atoms with Crippen LogP contribution in [0.15, 0.2) is 59.4 Å². The molecule has 0 radical (unpaired) electrons. The molecule has 0 amide bonds. The molecule has 3 rings (SSSR count). The molecule has 0 N–H and O–H groups in total. The molecule has 0 aliphatic heterocycles. The number of pyridine rings is 1. The second-order valence-electron chi connectivity index (χ2n) is 4.80. The van der Waals surface area contributed by atoms with Crippen molar-refractivity contribution in [3.8, 4) is 5.69 Å². The fourth-order valence-electron chi connectivity index (χ4n) is 2.50. The molecular formula is C17H15NO. The molecular weight excluding hydrogens is 234 g/mol. The van der Waals surface area contributed by atoms with Gasteiger partial charge in [0.1, 0.15) is 0 Å².